The largest absolute Gasteiger partial charge is 0.444 e. The highest BCUT2D eigenvalue weighted by Crippen LogP contribution is 2.26. The standard InChI is InChI=1S/C20H27Cl2NO3/c1-20(2,3)26-19(25)23-11-7-5-4-6-8-15(23)13-18(24)16-12-14(21)9-10-17(16)22/h9-10,12,15H,4-8,11,13H2,1-3H3. The molecule has 1 unspecified atom stereocenters. The molecule has 4 nitrogen and oxygen atoms in total. The van der Waals surface area contributed by atoms with E-state index in [1.165, 1.54) is 0 Å². The van der Waals surface area contributed by atoms with Gasteiger partial charge >= 0.3 is 6.09 Å². The van der Waals surface area contributed by atoms with Crippen LogP contribution in [-0.4, -0.2) is 35.0 Å². The Bertz CT molecular complexity index is 655. The predicted molar refractivity (Wildman–Crippen MR) is 105 cm³/mol. The third-order valence-corrected chi connectivity index (χ3v) is 4.97. The molecule has 6 heteroatoms. The molecule has 0 radical (unpaired) electrons. The summed E-state index contributed by atoms with van der Waals surface area (Å²) in [5, 5.41) is 0.855. The van der Waals surface area contributed by atoms with Crippen LogP contribution in [0.25, 0.3) is 0 Å². The molecule has 1 fully saturated rings. The highest BCUT2D eigenvalue weighted by molar-refractivity contribution is 6.35. The number of carbonyl (C=O) groups is 2. The Labute approximate surface area is 165 Å². The Morgan fingerprint density at radius 1 is 1.15 bits per heavy atom. The predicted octanol–water partition coefficient (Wildman–Crippen LogP) is 6.14. The number of hydrogen-bond acceptors (Lipinski definition) is 3. The van der Waals surface area contributed by atoms with Gasteiger partial charge in [0.15, 0.2) is 5.78 Å². The van der Waals surface area contributed by atoms with Gasteiger partial charge in [0.1, 0.15) is 5.60 Å². The van der Waals surface area contributed by atoms with Crippen molar-refractivity contribution in [3.63, 3.8) is 0 Å². The molecule has 0 N–H and O–H groups in total. The number of likely N-dealkylation sites (tertiary alicyclic amines) is 1. The van der Waals surface area contributed by atoms with Gasteiger partial charge in [-0.15, -0.1) is 0 Å². The lowest BCUT2D eigenvalue weighted by atomic mass is 9.95. The number of ether oxygens (including phenoxy) is 1. The van der Waals surface area contributed by atoms with Gasteiger partial charge in [0, 0.05) is 29.6 Å². The number of carbonyl (C=O) groups excluding carboxylic acids is 2. The maximum Gasteiger partial charge on any atom is 0.410 e. The lowest BCUT2D eigenvalue weighted by Crippen LogP contribution is -2.45. The molecule has 1 aromatic carbocycles. The molecule has 1 amide bonds. The summed E-state index contributed by atoms with van der Waals surface area (Å²) in [7, 11) is 0. The van der Waals surface area contributed by atoms with Gasteiger partial charge in [-0.1, -0.05) is 42.5 Å². The van der Waals surface area contributed by atoms with E-state index >= 15 is 0 Å². The molecule has 0 aliphatic carbocycles. The summed E-state index contributed by atoms with van der Waals surface area (Å²) in [5.41, 5.74) is -0.157. The van der Waals surface area contributed by atoms with E-state index in [9.17, 15) is 9.59 Å². The van der Waals surface area contributed by atoms with Crippen molar-refractivity contribution < 1.29 is 14.3 Å². The molecule has 1 heterocycles. The van der Waals surface area contributed by atoms with E-state index in [0.29, 0.717) is 22.2 Å². The first-order valence-electron chi connectivity index (χ1n) is 9.15. The molecule has 26 heavy (non-hydrogen) atoms. The second-order valence-electron chi connectivity index (χ2n) is 7.78. The van der Waals surface area contributed by atoms with Gasteiger partial charge in [-0.25, -0.2) is 4.79 Å². The maximum atomic E-state index is 12.8. The minimum atomic E-state index is -0.565. The van der Waals surface area contributed by atoms with Crippen molar-refractivity contribution in [2.24, 2.45) is 0 Å². The van der Waals surface area contributed by atoms with Crippen LogP contribution in [0.15, 0.2) is 18.2 Å². The molecule has 144 valence electrons. The average Bonchev–Trinajstić information content (AvgIpc) is 2.50. The first-order chi connectivity index (χ1) is 12.2. The van der Waals surface area contributed by atoms with Crippen molar-refractivity contribution in [2.45, 2.75) is 70.9 Å². The van der Waals surface area contributed by atoms with Crippen LogP contribution in [0.5, 0.6) is 0 Å². The summed E-state index contributed by atoms with van der Waals surface area (Å²) < 4.78 is 5.56. The first kappa shape index (κ1) is 21.0. The molecular weight excluding hydrogens is 373 g/mol. The summed E-state index contributed by atoms with van der Waals surface area (Å²) in [6.45, 7) is 6.15. The monoisotopic (exact) mass is 399 g/mol. The molecule has 1 aliphatic rings. The fraction of sp³-hybridized carbons (Fsp3) is 0.600. The van der Waals surface area contributed by atoms with Crippen LogP contribution < -0.4 is 0 Å². The minimum Gasteiger partial charge on any atom is -0.444 e. The number of ketones is 1. The normalized spacial score (nSPS) is 18.8. The van der Waals surface area contributed by atoms with Crippen molar-refractivity contribution in [3.8, 4) is 0 Å². The maximum absolute atomic E-state index is 12.8. The number of Topliss-reactive ketones (excluding diaryl/α,β-unsaturated/α-hetero) is 1. The van der Waals surface area contributed by atoms with Crippen molar-refractivity contribution in [3.05, 3.63) is 33.8 Å². The number of halogens is 2. The Kier molecular flexibility index (Phi) is 7.36. The lowest BCUT2D eigenvalue weighted by molar-refractivity contribution is 0.0129. The van der Waals surface area contributed by atoms with Crippen LogP contribution in [-0.2, 0) is 4.74 Å². The van der Waals surface area contributed by atoms with E-state index in [0.717, 1.165) is 32.1 Å². The van der Waals surface area contributed by atoms with Crippen molar-refractivity contribution in [1.29, 1.82) is 0 Å². The molecule has 1 aromatic rings. The van der Waals surface area contributed by atoms with Gasteiger partial charge in [0.2, 0.25) is 0 Å². The third kappa shape index (κ3) is 6.17. The van der Waals surface area contributed by atoms with E-state index in [4.69, 9.17) is 27.9 Å². The molecule has 1 aliphatic heterocycles. The van der Waals surface area contributed by atoms with Crippen molar-refractivity contribution in [2.75, 3.05) is 6.54 Å². The molecule has 1 atom stereocenters. The first-order valence-corrected chi connectivity index (χ1v) is 9.91. The zero-order valence-corrected chi connectivity index (χ0v) is 17.2. The number of nitrogens with zero attached hydrogens (tertiary/aromatic N) is 1. The van der Waals surface area contributed by atoms with Gasteiger partial charge in [-0.2, -0.15) is 0 Å². The van der Waals surface area contributed by atoms with Gasteiger partial charge in [0.05, 0.1) is 5.02 Å². The minimum absolute atomic E-state index is 0.100. The van der Waals surface area contributed by atoms with Crippen LogP contribution in [0, 0.1) is 0 Å². The molecule has 0 saturated carbocycles. The summed E-state index contributed by atoms with van der Waals surface area (Å²) in [4.78, 5) is 27.2. The average molecular weight is 400 g/mol. The quantitative estimate of drug-likeness (QED) is 0.573. The SMILES string of the molecule is CC(C)(C)OC(=O)N1CCCCCCC1CC(=O)c1cc(Cl)ccc1Cl. The van der Waals surface area contributed by atoms with E-state index in [-0.39, 0.29) is 24.3 Å². The highest BCUT2D eigenvalue weighted by atomic mass is 35.5. The van der Waals surface area contributed by atoms with Crippen LogP contribution >= 0.6 is 23.2 Å². The van der Waals surface area contributed by atoms with E-state index in [1.54, 1.807) is 23.1 Å². The summed E-state index contributed by atoms with van der Waals surface area (Å²) in [5.74, 6) is -0.100. The summed E-state index contributed by atoms with van der Waals surface area (Å²) >= 11 is 12.2. The smallest absolute Gasteiger partial charge is 0.410 e. The second kappa shape index (κ2) is 9.09. The molecule has 1 saturated heterocycles. The van der Waals surface area contributed by atoms with Crippen molar-refractivity contribution in [1.82, 2.24) is 4.90 Å². The van der Waals surface area contributed by atoms with Gasteiger partial charge < -0.3 is 9.64 Å². The molecule has 0 aromatic heterocycles. The number of benzene rings is 1. The van der Waals surface area contributed by atoms with Gasteiger partial charge in [-0.05, 0) is 51.8 Å². The zero-order chi connectivity index (χ0) is 19.3. The van der Waals surface area contributed by atoms with Crippen LogP contribution in [0.4, 0.5) is 4.79 Å². The third-order valence-electron chi connectivity index (χ3n) is 4.40. The molecule has 2 rings (SSSR count). The van der Waals surface area contributed by atoms with Crippen LogP contribution in [0.1, 0.15) is 69.7 Å². The van der Waals surface area contributed by atoms with Crippen LogP contribution in [0.3, 0.4) is 0 Å². The summed E-state index contributed by atoms with van der Waals surface area (Å²) in [6.07, 6.45) is 4.75. The fourth-order valence-corrected chi connectivity index (χ4v) is 3.56. The van der Waals surface area contributed by atoms with E-state index in [2.05, 4.69) is 0 Å². The Hall–Kier alpha value is -1.26. The second-order valence-corrected chi connectivity index (χ2v) is 8.63. The Balaban J connectivity index is 2.19. The van der Waals surface area contributed by atoms with E-state index < -0.39 is 5.60 Å². The number of hydrogen-bond donors (Lipinski definition) is 0. The van der Waals surface area contributed by atoms with Crippen molar-refractivity contribution >= 4 is 35.1 Å². The fourth-order valence-electron chi connectivity index (χ4n) is 3.16. The van der Waals surface area contributed by atoms with E-state index in [1.807, 2.05) is 20.8 Å². The Morgan fingerprint density at radius 3 is 2.54 bits per heavy atom. The molecule has 0 spiro atoms. The number of rotatable bonds is 3. The molecule has 0 bridgehead atoms. The molecular formula is C20H27Cl2NO3. The van der Waals surface area contributed by atoms with Gasteiger partial charge in [0.25, 0.3) is 0 Å². The summed E-state index contributed by atoms with van der Waals surface area (Å²) in [6, 6.07) is 4.69. The Morgan fingerprint density at radius 2 is 1.85 bits per heavy atom. The van der Waals surface area contributed by atoms with Crippen LogP contribution in [0.2, 0.25) is 10.0 Å². The zero-order valence-electron chi connectivity index (χ0n) is 15.7. The lowest BCUT2D eigenvalue weighted by Gasteiger charge is -2.34. The number of amides is 1. The topological polar surface area (TPSA) is 46.6 Å². The highest BCUT2D eigenvalue weighted by Gasteiger charge is 2.30. The van der Waals surface area contributed by atoms with Gasteiger partial charge in [-0.3, -0.25) is 4.79 Å².